The van der Waals surface area contributed by atoms with Crippen LogP contribution in [0.4, 0.5) is 0 Å². The van der Waals surface area contributed by atoms with Crippen LogP contribution >= 0.6 is 11.6 Å². The summed E-state index contributed by atoms with van der Waals surface area (Å²) in [5.41, 5.74) is 2.45. The van der Waals surface area contributed by atoms with E-state index in [4.69, 9.17) is 16.3 Å². The van der Waals surface area contributed by atoms with Crippen molar-refractivity contribution in [1.29, 1.82) is 0 Å². The molecule has 1 aromatic heterocycles. The monoisotopic (exact) mass is 404 g/mol. The van der Waals surface area contributed by atoms with Gasteiger partial charge in [0.05, 0.1) is 13.2 Å². The number of ether oxygens (including phenoxy) is 1. The third-order valence-corrected chi connectivity index (χ3v) is 5.35. The Morgan fingerprint density at radius 2 is 1.75 bits per heavy atom. The minimum Gasteiger partial charge on any atom is -0.464 e. The van der Waals surface area contributed by atoms with E-state index in [1.165, 1.54) is 12.0 Å². The molecule has 2 aromatic rings. The van der Waals surface area contributed by atoms with Crippen LogP contribution in [0, 0.1) is 13.8 Å². The lowest BCUT2D eigenvalue weighted by Gasteiger charge is -2.27. The van der Waals surface area contributed by atoms with Crippen LogP contribution in [-0.2, 0) is 11.8 Å². The van der Waals surface area contributed by atoms with Crippen LogP contribution in [-0.4, -0.2) is 46.8 Å². The number of Topliss-reactive ketones (excluding diaryl/α,β-unsaturated/α-hetero) is 1. The number of benzene rings is 1. The van der Waals surface area contributed by atoms with Gasteiger partial charge in [-0.1, -0.05) is 11.6 Å². The Bertz CT molecular complexity index is 915. The first-order chi connectivity index (χ1) is 13.1. The van der Waals surface area contributed by atoms with E-state index in [0.717, 1.165) is 0 Å². The Hall–Kier alpha value is -2.60. The van der Waals surface area contributed by atoms with Crippen molar-refractivity contribution in [3.63, 3.8) is 0 Å². The molecule has 2 rings (SSSR count). The number of ketones is 1. The molecule has 0 saturated carbocycles. The van der Waals surface area contributed by atoms with Gasteiger partial charge in [-0.3, -0.25) is 9.59 Å². The molecule has 1 atom stereocenters. The van der Waals surface area contributed by atoms with Crippen LogP contribution in [0.5, 0.6) is 0 Å². The van der Waals surface area contributed by atoms with E-state index >= 15 is 0 Å². The Morgan fingerprint density at radius 3 is 2.25 bits per heavy atom. The van der Waals surface area contributed by atoms with Crippen molar-refractivity contribution >= 4 is 29.3 Å². The number of nitrogens with zero attached hydrogens (tertiary/aromatic N) is 2. The molecule has 0 fully saturated rings. The van der Waals surface area contributed by atoms with Crippen molar-refractivity contribution in [3.8, 4) is 0 Å². The van der Waals surface area contributed by atoms with E-state index in [1.807, 2.05) is 6.92 Å². The fourth-order valence-corrected chi connectivity index (χ4v) is 3.55. The first-order valence-corrected chi connectivity index (χ1v) is 9.38. The van der Waals surface area contributed by atoms with Gasteiger partial charge in [0.2, 0.25) is 0 Å². The largest absolute Gasteiger partial charge is 0.464 e. The molecule has 150 valence electrons. The normalized spacial score (nSPS) is 11.8. The van der Waals surface area contributed by atoms with Crippen molar-refractivity contribution < 1.29 is 19.1 Å². The summed E-state index contributed by atoms with van der Waals surface area (Å²) in [5, 5.41) is 0.537. The number of carbonyl (C=O) groups is 3. The Balaban J connectivity index is 2.41. The molecule has 0 radical (unpaired) electrons. The van der Waals surface area contributed by atoms with Crippen molar-refractivity contribution in [2.45, 2.75) is 33.7 Å². The van der Waals surface area contributed by atoms with Gasteiger partial charge in [-0.25, -0.2) is 4.79 Å². The van der Waals surface area contributed by atoms with Crippen molar-refractivity contribution in [3.05, 3.63) is 57.4 Å². The number of amides is 1. The summed E-state index contributed by atoms with van der Waals surface area (Å²) in [6.45, 7) is 7.38. The van der Waals surface area contributed by atoms with Gasteiger partial charge in [0.1, 0.15) is 5.69 Å². The van der Waals surface area contributed by atoms with Gasteiger partial charge in [-0.05, 0) is 57.5 Å². The van der Waals surface area contributed by atoms with E-state index in [9.17, 15) is 14.4 Å². The highest BCUT2D eigenvalue weighted by molar-refractivity contribution is 6.30. The fourth-order valence-electron chi connectivity index (χ4n) is 3.43. The molecule has 0 aliphatic carbocycles. The summed E-state index contributed by atoms with van der Waals surface area (Å²) in [4.78, 5) is 39.8. The van der Waals surface area contributed by atoms with E-state index < -0.39 is 12.0 Å². The second kappa shape index (κ2) is 8.61. The molecule has 0 N–H and O–H groups in total. The standard InChI is InChI=1S/C21H25ClN2O4/c1-7-24(20(26)15-8-10-16(22)11-9-15)14(4)19(25)17-12(2)18(21(27)28-6)23(5)13(17)3/h8-11,14H,7H2,1-6H3. The zero-order chi connectivity index (χ0) is 21.2. The topological polar surface area (TPSA) is 68.6 Å². The van der Waals surface area contributed by atoms with Gasteiger partial charge in [0, 0.05) is 35.4 Å². The summed E-state index contributed by atoms with van der Waals surface area (Å²) in [6.07, 6.45) is 0. The number of rotatable bonds is 6. The van der Waals surface area contributed by atoms with Crippen LogP contribution < -0.4 is 0 Å². The summed E-state index contributed by atoms with van der Waals surface area (Å²) in [7, 11) is 3.02. The van der Waals surface area contributed by atoms with Crippen LogP contribution in [0.1, 0.15) is 56.3 Å². The zero-order valence-electron chi connectivity index (χ0n) is 17.0. The van der Waals surface area contributed by atoms with Gasteiger partial charge in [0.25, 0.3) is 5.91 Å². The Labute approximate surface area is 170 Å². The van der Waals surface area contributed by atoms with E-state index in [1.54, 1.807) is 56.7 Å². The van der Waals surface area contributed by atoms with Gasteiger partial charge in [-0.15, -0.1) is 0 Å². The van der Waals surface area contributed by atoms with Crippen LogP contribution in [0.3, 0.4) is 0 Å². The minimum atomic E-state index is -0.696. The van der Waals surface area contributed by atoms with Crippen molar-refractivity contribution in [2.75, 3.05) is 13.7 Å². The highest BCUT2D eigenvalue weighted by Crippen LogP contribution is 2.25. The Morgan fingerprint density at radius 1 is 1.18 bits per heavy atom. The first-order valence-electron chi connectivity index (χ1n) is 9.00. The lowest BCUT2D eigenvalue weighted by atomic mass is 9.99. The highest BCUT2D eigenvalue weighted by Gasteiger charge is 2.32. The molecule has 0 saturated heterocycles. The molecule has 28 heavy (non-hydrogen) atoms. The van der Waals surface area contributed by atoms with Crippen LogP contribution in [0.15, 0.2) is 24.3 Å². The summed E-state index contributed by atoms with van der Waals surface area (Å²) in [5.74, 6) is -0.969. The highest BCUT2D eigenvalue weighted by atomic mass is 35.5. The lowest BCUT2D eigenvalue weighted by Crippen LogP contribution is -2.43. The summed E-state index contributed by atoms with van der Waals surface area (Å²) < 4.78 is 6.49. The minimum absolute atomic E-state index is 0.218. The average Bonchev–Trinajstić information content (AvgIpc) is 2.90. The maximum Gasteiger partial charge on any atom is 0.354 e. The second-order valence-corrected chi connectivity index (χ2v) is 7.06. The number of hydrogen-bond donors (Lipinski definition) is 0. The van der Waals surface area contributed by atoms with Crippen LogP contribution in [0.2, 0.25) is 5.02 Å². The van der Waals surface area contributed by atoms with Gasteiger partial charge in [-0.2, -0.15) is 0 Å². The number of likely N-dealkylation sites (N-methyl/N-ethyl adjacent to an activating group) is 1. The SMILES string of the molecule is CCN(C(=O)c1ccc(Cl)cc1)C(C)C(=O)c1c(C)c(C(=O)OC)n(C)c1C. The fraction of sp³-hybridized carbons (Fsp3) is 0.381. The first kappa shape index (κ1) is 21.7. The molecule has 1 aromatic carbocycles. The quantitative estimate of drug-likeness (QED) is 0.542. The summed E-state index contributed by atoms with van der Waals surface area (Å²) >= 11 is 5.89. The van der Waals surface area contributed by atoms with Crippen molar-refractivity contribution in [2.24, 2.45) is 7.05 Å². The molecule has 0 aliphatic rings. The molecule has 0 aliphatic heterocycles. The maximum absolute atomic E-state index is 13.3. The summed E-state index contributed by atoms with van der Waals surface area (Å²) in [6, 6.07) is 5.86. The number of halogens is 1. The second-order valence-electron chi connectivity index (χ2n) is 6.62. The van der Waals surface area contributed by atoms with E-state index in [0.29, 0.717) is 39.6 Å². The third kappa shape index (κ3) is 3.83. The van der Waals surface area contributed by atoms with Crippen LogP contribution in [0.25, 0.3) is 0 Å². The molecule has 0 spiro atoms. The third-order valence-electron chi connectivity index (χ3n) is 5.10. The number of carbonyl (C=O) groups excluding carboxylic acids is 3. The van der Waals surface area contributed by atoms with E-state index in [2.05, 4.69) is 0 Å². The molecule has 1 heterocycles. The number of esters is 1. The predicted octanol–water partition coefficient (Wildman–Crippen LogP) is 3.82. The van der Waals surface area contributed by atoms with E-state index in [-0.39, 0.29) is 11.7 Å². The predicted molar refractivity (Wildman–Crippen MR) is 108 cm³/mol. The lowest BCUT2D eigenvalue weighted by molar-refractivity contribution is 0.0588. The molecule has 1 amide bonds. The van der Waals surface area contributed by atoms with Gasteiger partial charge in [0.15, 0.2) is 5.78 Å². The average molecular weight is 405 g/mol. The number of aromatic nitrogens is 1. The zero-order valence-corrected chi connectivity index (χ0v) is 17.8. The number of methoxy groups -OCH3 is 1. The van der Waals surface area contributed by atoms with Gasteiger partial charge >= 0.3 is 5.97 Å². The molecule has 0 bridgehead atoms. The smallest absolute Gasteiger partial charge is 0.354 e. The molecule has 6 nitrogen and oxygen atoms in total. The molecular weight excluding hydrogens is 380 g/mol. The number of hydrogen-bond acceptors (Lipinski definition) is 4. The molecule has 7 heteroatoms. The molecular formula is C21H25ClN2O4. The maximum atomic E-state index is 13.3. The molecule has 1 unspecified atom stereocenters. The van der Waals surface area contributed by atoms with Gasteiger partial charge < -0.3 is 14.2 Å². The van der Waals surface area contributed by atoms with Crippen molar-refractivity contribution in [1.82, 2.24) is 9.47 Å². The Kier molecular flexibility index (Phi) is 6.67.